The number of carbonyl (C=O) groups is 4. The van der Waals surface area contributed by atoms with Crippen LogP contribution < -0.4 is 33.2 Å². The number of aliphatic imine (C=N–C) groups is 1. The minimum Gasteiger partial charge on any atom is -0.480 e. The summed E-state index contributed by atoms with van der Waals surface area (Å²) in [5, 5.41) is 27.7. The first-order valence-electron chi connectivity index (χ1n) is 13.6. The number of guanidine groups is 1. The van der Waals surface area contributed by atoms with Crippen molar-refractivity contribution in [2.24, 2.45) is 22.2 Å². The lowest BCUT2D eigenvalue weighted by Gasteiger charge is -2.25. The number of para-hydroxylation sites is 1. The number of nitrogens with zero attached hydrogens (tertiary/aromatic N) is 2. The van der Waals surface area contributed by atoms with E-state index in [2.05, 4.69) is 35.9 Å². The van der Waals surface area contributed by atoms with Gasteiger partial charge in [0, 0.05) is 48.4 Å². The Morgan fingerprint density at radius 2 is 1.67 bits per heavy atom. The molecule has 13 N–H and O–H groups in total. The number of amides is 3. The molecule has 232 valence electrons. The van der Waals surface area contributed by atoms with E-state index in [1.54, 1.807) is 6.20 Å². The number of carboxylic acids is 1. The van der Waals surface area contributed by atoms with E-state index < -0.39 is 54.0 Å². The number of nitrogens with two attached hydrogens (primary N) is 3. The van der Waals surface area contributed by atoms with Gasteiger partial charge in [-0.1, -0.05) is 18.2 Å². The van der Waals surface area contributed by atoms with E-state index in [1.807, 2.05) is 24.3 Å². The molecule has 16 nitrogen and oxygen atoms in total. The van der Waals surface area contributed by atoms with Crippen molar-refractivity contribution in [3.8, 4) is 0 Å². The summed E-state index contributed by atoms with van der Waals surface area (Å²) < 4.78 is 0. The lowest BCUT2D eigenvalue weighted by atomic mass is 10.0. The summed E-state index contributed by atoms with van der Waals surface area (Å²) in [4.78, 5) is 65.3. The minimum atomic E-state index is -1.62. The molecule has 0 aliphatic heterocycles. The third-order valence-corrected chi connectivity index (χ3v) is 6.69. The van der Waals surface area contributed by atoms with Gasteiger partial charge in [0.25, 0.3) is 0 Å². The molecule has 0 saturated heterocycles. The summed E-state index contributed by atoms with van der Waals surface area (Å²) >= 11 is 0. The normalized spacial score (nSPS) is 14.6. The van der Waals surface area contributed by atoms with Crippen molar-refractivity contribution < 1.29 is 29.4 Å². The Bertz CT molecular complexity index is 1420. The average Bonchev–Trinajstić information content (AvgIpc) is 3.62. The second-order valence-electron chi connectivity index (χ2n) is 10.1. The highest BCUT2D eigenvalue weighted by Gasteiger charge is 2.32. The van der Waals surface area contributed by atoms with Crippen molar-refractivity contribution in [3.05, 3.63) is 54.2 Å². The fraction of sp³-hybridized carbons (Fsp3) is 0.407. The number of H-pyrrole nitrogens is 2. The topological polar surface area (TPSA) is 280 Å². The number of aliphatic hydroxyl groups excluding tert-OH is 1. The van der Waals surface area contributed by atoms with Crippen molar-refractivity contribution in [3.63, 3.8) is 0 Å². The Hall–Kier alpha value is -4.96. The van der Waals surface area contributed by atoms with Gasteiger partial charge in [-0.2, -0.15) is 0 Å². The van der Waals surface area contributed by atoms with Crippen LogP contribution in [-0.2, 0) is 32.0 Å². The first-order valence-corrected chi connectivity index (χ1v) is 13.6. The molecule has 3 aromatic rings. The molecule has 5 unspecified atom stereocenters. The Morgan fingerprint density at radius 3 is 2.33 bits per heavy atom. The van der Waals surface area contributed by atoms with Crippen LogP contribution >= 0.6 is 0 Å². The number of rotatable bonds is 16. The number of imidazole rings is 1. The van der Waals surface area contributed by atoms with E-state index in [4.69, 9.17) is 17.2 Å². The molecule has 0 saturated carbocycles. The fourth-order valence-electron chi connectivity index (χ4n) is 4.40. The number of benzene rings is 1. The van der Waals surface area contributed by atoms with Gasteiger partial charge in [-0.25, -0.2) is 9.78 Å². The summed E-state index contributed by atoms with van der Waals surface area (Å²) in [5.41, 5.74) is 18.8. The monoisotopic (exact) mass is 598 g/mol. The number of carboxylic acid groups (broad SMARTS) is 1. The van der Waals surface area contributed by atoms with Gasteiger partial charge in [0.15, 0.2) is 12.0 Å². The Balaban J connectivity index is 1.83. The zero-order chi connectivity index (χ0) is 31.5. The third kappa shape index (κ3) is 9.54. The number of nitrogens with one attached hydrogen (secondary N) is 5. The second-order valence-corrected chi connectivity index (χ2v) is 10.1. The van der Waals surface area contributed by atoms with Gasteiger partial charge in [0.05, 0.1) is 18.5 Å². The molecule has 3 amide bonds. The van der Waals surface area contributed by atoms with Crippen molar-refractivity contribution in [1.29, 1.82) is 0 Å². The van der Waals surface area contributed by atoms with Crippen LogP contribution in [0.3, 0.4) is 0 Å². The van der Waals surface area contributed by atoms with Gasteiger partial charge < -0.3 is 53.3 Å². The predicted octanol–water partition coefficient (Wildman–Crippen LogP) is -2.02. The average molecular weight is 599 g/mol. The maximum Gasteiger partial charge on any atom is 0.328 e. The van der Waals surface area contributed by atoms with Crippen molar-refractivity contribution >= 4 is 40.6 Å². The molecule has 2 aromatic heterocycles. The largest absolute Gasteiger partial charge is 0.480 e. The maximum absolute atomic E-state index is 13.7. The van der Waals surface area contributed by atoms with Gasteiger partial charge in [-0.15, -0.1) is 0 Å². The summed E-state index contributed by atoms with van der Waals surface area (Å²) in [5.74, 6) is -3.70. The first kappa shape index (κ1) is 32.6. The van der Waals surface area contributed by atoms with Gasteiger partial charge in [-0.05, 0) is 31.4 Å². The maximum atomic E-state index is 13.7. The quantitative estimate of drug-likeness (QED) is 0.0490. The van der Waals surface area contributed by atoms with E-state index in [0.717, 1.165) is 16.5 Å². The first-order chi connectivity index (χ1) is 20.5. The highest BCUT2D eigenvalue weighted by molar-refractivity contribution is 5.95. The van der Waals surface area contributed by atoms with E-state index in [1.165, 1.54) is 19.4 Å². The molecule has 0 aliphatic carbocycles. The van der Waals surface area contributed by atoms with E-state index in [9.17, 15) is 29.4 Å². The number of aliphatic carboxylic acids is 1. The van der Waals surface area contributed by atoms with Gasteiger partial charge >= 0.3 is 5.97 Å². The standard InChI is InChI=1S/C27H38N10O6/c1-14(38)22(26(42)43)37-25(41)21(10-16-12-31-13-34-16)36-24(40)20(9-15-11-33-19-7-3-2-5-17(15)19)35-23(39)18(28)6-4-8-32-27(29)30/h2-3,5,7,11-14,18,20-22,33,38H,4,6,8-10,28H2,1H3,(H,31,34)(H,35,39)(H,36,40)(H,37,41)(H,42,43)(H4,29,30,32). The molecule has 2 heterocycles. The highest BCUT2D eigenvalue weighted by Crippen LogP contribution is 2.19. The van der Waals surface area contributed by atoms with Crippen molar-refractivity contribution in [2.45, 2.75) is 62.9 Å². The molecule has 5 atom stereocenters. The van der Waals surface area contributed by atoms with Crippen LogP contribution in [0.2, 0.25) is 0 Å². The molecule has 16 heteroatoms. The van der Waals surface area contributed by atoms with Crippen LogP contribution in [0.4, 0.5) is 0 Å². The molecule has 3 rings (SSSR count). The number of aliphatic hydroxyl groups is 1. The molecule has 1 aromatic carbocycles. The molecule has 0 radical (unpaired) electrons. The summed E-state index contributed by atoms with van der Waals surface area (Å²) in [7, 11) is 0. The van der Waals surface area contributed by atoms with Gasteiger partial charge in [0.2, 0.25) is 17.7 Å². The zero-order valence-corrected chi connectivity index (χ0v) is 23.6. The SMILES string of the molecule is CC(O)C(NC(=O)C(Cc1cnc[nH]1)NC(=O)C(Cc1c[nH]c2ccccc12)NC(=O)C(N)CCCN=C(N)N)C(=O)O. The number of aromatic amines is 2. The molecule has 0 bridgehead atoms. The van der Waals surface area contributed by atoms with Gasteiger partial charge in [-0.3, -0.25) is 19.4 Å². The lowest BCUT2D eigenvalue weighted by molar-refractivity contribution is -0.145. The number of hydrogen-bond acceptors (Lipinski definition) is 8. The third-order valence-electron chi connectivity index (χ3n) is 6.69. The molecule has 43 heavy (non-hydrogen) atoms. The lowest BCUT2D eigenvalue weighted by Crippen LogP contribution is -2.59. The molecule has 0 fully saturated rings. The summed E-state index contributed by atoms with van der Waals surface area (Å²) in [6, 6.07) is 2.38. The molecular formula is C27H38N10O6. The summed E-state index contributed by atoms with van der Waals surface area (Å²) in [6.45, 7) is 1.49. The Labute approximate surface area is 246 Å². The predicted molar refractivity (Wildman–Crippen MR) is 157 cm³/mol. The van der Waals surface area contributed by atoms with Crippen LogP contribution in [0.1, 0.15) is 31.0 Å². The van der Waals surface area contributed by atoms with Crippen molar-refractivity contribution in [1.82, 2.24) is 30.9 Å². The smallest absolute Gasteiger partial charge is 0.328 e. The fourth-order valence-corrected chi connectivity index (χ4v) is 4.40. The number of fused-ring (bicyclic) bond motifs is 1. The number of carbonyl (C=O) groups excluding carboxylic acids is 3. The molecule has 0 spiro atoms. The minimum absolute atomic E-state index is 0.0477. The number of aromatic nitrogens is 3. The van der Waals surface area contributed by atoms with Crippen molar-refractivity contribution in [2.75, 3.05) is 6.54 Å². The number of hydrogen-bond donors (Lipinski definition) is 10. The van der Waals surface area contributed by atoms with Gasteiger partial charge in [0.1, 0.15) is 12.1 Å². The van der Waals surface area contributed by atoms with Crippen LogP contribution in [0.25, 0.3) is 10.9 Å². The summed E-state index contributed by atoms with van der Waals surface area (Å²) in [6.07, 6.45) is 3.78. The molecular weight excluding hydrogens is 560 g/mol. The zero-order valence-electron chi connectivity index (χ0n) is 23.6. The molecule has 0 aliphatic rings. The van der Waals surface area contributed by atoms with Crippen LogP contribution in [0.5, 0.6) is 0 Å². The highest BCUT2D eigenvalue weighted by atomic mass is 16.4. The van der Waals surface area contributed by atoms with E-state index in [0.29, 0.717) is 12.1 Å². The van der Waals surface area contributed by atoms with Crippen LogP contribution in [0, 0.1) is 0 Å². The van der Waals surface area contributed by atoms with Crippen LogP contribution in [-0.4, -0.2) is 91.6 Å². The second kappa shape index (κ2) is 15.3. The Kier molecular flexibility index (Phi) is 11.6. The Morgan fingerprint density at radius 1 is 1.00 bits per heavy atom. The van der Waals surface area contributed by atoms with E-state index >= 15 is 0 Å². The van der Waals surface area contributed by atoms with Crippen LogP contribution in [0.15, 0.2) is 48.0 Å². The van der Waals surface area contributed by atoms with E-state index in [-0.39, 0.29) is 31.8 Å².